The number of ketones is 1. The highest BCUT2D eigenvalue weighted by Gasteiger charge is 2.04. The summed E-state index contributed by atoms with van der Waals surface area (Å²) in [7, 11) is 0. The predicted molar refractivity (Wildman–Crippen MR) is 110 cm³/mol. The Morgan fingerprint density at radius 1 is 0.793 bits per heavy atom. The van der Waals surface area contributed by atoms with Crippen LogP contribution in [0.1, 0.15) is 21.5 Å². The number of aliphatic carboxylic acids is 1. The molecule has 0 atom stereocenters. The van der Waals surface area contributed by atoms with Gasteiger partial charge in [0.1, 0.15) is 18.1 Å². The van der Waals surface area contributed by atoms with Crippen molar-refractivity contribution in [2.75, 3.05) is 6.61 Å². The molecule has 29 heavy (non-hydrogen) atoms. The Kier molecular flexibility index (Phi) is 6.79. The van der Waals surface area contributed by atoms with Gasteiger partial charge in [-0.2, -0.15) is 0 Å². The minimum absolute atomic E-state index is 0.154. The Bertz CT molecular complexity index is 974. The van der Waals surface area contributed by atoms with E-state index in [1.807, 2.05) is 54.6 Å². The predicted octanol–water partition coefficient (Wildman–Crippen LogP) is 4.63. The Hall–Kier alpha value is -3.86. The van der Waals surface area contributed by atoms with Gasteiger partial charge < -0.3 is 14.6 Å². The molecule has 0 fully saturated rings. The summed E-state index contributed by atoms with van der Waals surface area (Å²) in [6.07, 6.45) is 3.23. The summed E-state index contributed by atoms with van der Waals surface area (Å²) in [5.41, 5.74) is 2.47. The summed E-state index contributed by atoms with van der Waals surface area (Å²) in [4.78, 5) is 22.8. The van der Waals surface area contributed by atoms with Crippen molar-refractivity contribution in [3.63, 3.8) is 0 Å². The maximum absolute atomic E-state index is 12.3. The average Bonchev–Trinajstić information content (AvgIpc) is 2.76. The van der Waals surface area contributed by atoms with Crippen LogP contribution in [0, 0.1) is 0 Å². The summed E-state index contributed by atoms with van der Waals surface area (Å²) in [6, 6.07) is 23.8. The van der Waals surface area contributed by atoms with E-state index in [0.29, 0.717) is 17.9 Å². The summed E-state index contributed by atoms with van der Waals surface area (Å²) in [6.45, 7) is 0.0823. The van der Waals surface area contributed by atoms with Crippen LogP contribution in [0.5, 0.6) is 11.5 Å². The largest absolute Gasteiger partial charge is 0.489 e. The number of carbonyl (C=O) groups excluding carboxylic acids is 1. The second-order valence-corrected chi connectivity index (χ2v) is 6.25. The lowest BCUT2D eigenvalue weighted by Gasteiger charge is -2.06. The van der Waals surface area contributed by atoms with Gasteiger partial charge in [0.05, 0.1) is 0 Å². The summed E-state index contributed by atoms with van der Waals surface area (Å²) >= 11 is 0. The molecule has 0 aliphatic heterocycles. The van der Waals surface area contributed by atoms with Gasteiger partial charge in [0, 0.05) is 5.56 Å². The van der Waals surface area contributed by atoms with Crippen LogP contribution >= 0.6 is 0 Å². The van der Waals surface area contributed by atoms with Gasteiger partial charge in [0.2, 0.25) is 0 Å². The second kappa shape index (κ2) is 9.90. The molecule has 0 radical (unpaired) electrons. The molecule has 5 heteroatoms. The van der Waals surface area contributed by atoms with E-state index >= 15 is 0 Å². The van der Waals surface area contributed by atoms with Crippen molar-refractivity contribution in [3.8, 4) is 11.5 Å². The topological polar surface area (TPSA) is 72.8 Å². The number of rotatable bonds is 9. The van der Waals surface area contributed by atoms with Crippen molar-refractivity contribution in [1.29, 1.82) is 0 Å². The van der Waals surface area contributed by atoms with Gasteiger partial charge >= 0.3 is 5.97 Å². The van der Waals surface area contributed by atoms with E-state index in [0.717, 1.165) is 16.9 Å². The number of carboxylic acids is 1. The first-order valence-electron chi connectivity index (χ1n) is 9.04. The number of benzene rings is 3. The number of ether oxygens (including phenoxy) is 2. The van der Waals surface area contributed by atoms with Gasteiger partial charge in [-0.3, -0.25) is 4.79 Å². The lowest BCUT2D eigenvalue weighted by atomic mass is 10.1. The Morgan fingerprint density at radius 2 is 1.41 bits per heavy atom. The van der Waals surface area contributed by atoms with E-state index < -0.39 is 12.6 Å². The molecular formula is C24H20O5. The maximum atomic E-state index is 12.3. The molecule has 3 aromatic carbocycles. The first kappa shape index (κ1) is 19.9. The monoisotopic (exact) mass is 388 g/mol. The number of carboxylic acid groups (broad SMARTS) is 1. The fraction of sp³-hybridized carbons (Fsp3) is 0.0833. The van der Waals surface area contributed by atoms with Crippen LogP contribution in [-0.2, 0) is 11.4 Å². The highest BCUT2D eigenvalue weighted by Crippen LogP contribution is 2.16. The molecule has 1 N–H and O–H groups in total. The smallest absolute Gasteiger partial charge is 0.341 e. The SMILES string of the molecule is O=C(O)COc1ccc(C(=O)/C=C/c2ccc(OCc3ccccc3)cc2)cc1. The molecule has 0 unspecified atom stereocenters. The highest BCUT2D eigenvalue weighted by atomic mass is 16.5. The molecule has 0 bridgehead atoms. The van der Waals surface area contributed by atoms with Crippen LogP contribution in [0.4, 0.5) is 0 Å². The van der Waals surface area contributed by atoms with Gasteiger partial charge in [-0.1, -0.05) is 48.5 Å². The van der Waals surface area contributed by atoms with Crippen molar-refractivity contribution in [2.24, 2.45) is 0 Å². The van der Waals surface area contributed by atoms with Gasteiger partial charge in [-0.15, -0.1) is 0 Å². The number of hydrogen-bond donors (Lipinski definition) is 1. The molecular weight excluding hydrogens is 368 g/mol. The molecule has 0 aliphatic carbocycles. The van der Waals surface area contributed by atoms with Gasteiger partial charge in [0.15, 0.2) is 12.4 Å². The zero-order valence-corrected chi connectivity index (χ0v) is 15.7. The quantitative estimate of drug-likeness (QED) is 0.428. The summed E-state index contributed by atoms with van der Waals surface area (Å²) in [5.74, 6) is -0.0444. The van der Waals surface area contributed by atoms with Gasteiger partial charge in [0.25, 0.3) is 0 Å². The third kappa shape index (κ3) is 6.36. The highest BCUT2D eigenvalue weighted by molar-refractivity contribution is 6.06. The molecule has 0 saturated carbocycles. The fourth-order valence-electron chi connectivity index (χ4n) is 2.54. The van der Waals surface area contributed by atoms with Crippen molar-refractivity contribution >= 4 is 17.8 Å². The van der Waals surface area contributed by atoms with E-state index in [-0.39, 0.29) is 5.78 Å². The zero-order chi connectivity index (χ0) is 20.5. The molecule has 0 aliphatic rings. The lowest BCUT2D eigenvalue weighted by molar-refractivity contribution is -0.139. The van der Waals surface area contributed by atoms with E-state index in [1.165, 1.54) is 6.08 Å². The van der Waals surface area contributed by atoms with Crippen LogP contribution in [0.25, 0.3) is 6.08 Å². The minimum Gasteiger partial charge on any atom is -0.489 e. The van der Waals surface area contributed by atoms with Crippen molar-refractivity contribution < 1.29 is 24.2 Å². The van der Waals surface area contributed by atoms with Gasteiger partial charge in [-0.05, 0) is 53.6 Å². The number of hydrogen-bond acceptors (Lipinski definition) is 4. The van der Waals surface area contributed by atoms with Crippen molar-refractivity contribution in [2.45, 2.75) is 6.61 Å². The summed E-state index contributed by atoms with van der Waals surface area (Å²) in [5, 5.41) is 8.60. The zero-order valence-electron chi connectivity index (χ0n) is 15.7. The standard InChI is InChI=1S/C24H20O5/c25-23(20-9-13-22(14-10-20)29-17-24(26)27)15-8-18-6-11-21(12-7-18)28-16-19-4-2-1-3-5-19/h1-15H,16-17H2,(H,26,27)/b15-8+. The number of carbonyl (C=O) groups is 2. The first-order chi connectivity index (χ1) is 14.1. The Morgan fingerprint density at radius 3 is 2.07 bits per heavy atom. The van der Waals surface area contributed by atoms with Crippen molar-refractivity contribution in [3.05, 3.63) is 102 Å². The third-order valence-electron chi connectivity index (χ3n) is 4.06. The molecule has 0 amide bonds. The lowest BCUT2D eigenvalue weighted by Crippen LogP contribution is -2.09. The minimum atomic E-state index is -1.05. The second-order valence-electron chi connectivity index (χ2n) is 6.25. The third-order valence-corrected chi connectivity index (χ3v) is 4.06. The average molecular weight is 388 g/mol. The molecule has 146 valence electrons. The van der Waals surface area contributed by atoms with Crippen LogP contribution in [0.2, 0.25) is 0 Å². The van der Waals surface area contributed by atoms with E-state index in [9.17, 15) is 9.59 Å². The molecule has 3 rings (SSSR count). The molecule has 0 spiro atoms. The van der Waals surface area contributed by atoms with E-state index in [4.69, 9.17) is 14.6 Å². The Balaban J connectivity index is 1.53. The van der Waals surface area contributed by atoms with Crippen LogP contribution in [0.3, 0.4) is 0 Å². The van der Waals surface area contributed by atoms with Gasteiger partial charge in [-0.25, -0.2) is 4.79 Å². The molecule has 0 saturated heterocycles. The normalized spacial score (nSPS) is 10.6. The van der Waals surface area contributed by atoms with Crippen LogP contribution in [-0.4, -0.2) is 23.5 Å². The number of allylic oxidation sites excluding steroid dienone is 1. The van der Waals surface area contributed by atoms with E-state index in [2.05, 4.69) is 0 Å². The fourth-order valence-corrected chi connectivity index (χ4v) is 2.54. The van der Waals surface area contributed by atoms with Crippen LogP contribution in [0.15, 0.2) is 84.9 Å². The van der Waals surface area contributed by atoms with Crippen molar-refractivity contribution in [1.82, 2.24) is 0 Å². The molecule has 0 heterocycles. The Labute approximate surface area is 168 Å². The molecule has 3 aromatic rings. The molecule has 0 aromatic heterocycles. The van der Waals surface area contributed by atoms with Crippen LogP contribution < -0.4 is 9.47 Å². The maximum Gasteiger partial charge on any atom is 0.341 e. The molecule has 5 nitrogen and oxygen atoms in total. The first-order valence-corrected chi connectivity index (χ1v) is 9.04. The van der Waals surface area contributed by atoms with E-state index in [1.54, 1.807) is 30.3 Å². The summed E-state index contributed by atoms with van der Waals surface area (Å²) < 4.78 is 10.8.